The summed E-state index contributed by atoms with van der Waals surface area (Å²) in [5.74, 6) is 1.54. The molecule has 0 aromatic heterocycles. The van der Waals surface area contributed by atoms with E-state index in [1.807, 2.05) is 36.1 Å². The zero-order valence-corrected chi connectivity index (χ0v) is 17.6. The zero-order valence-electron chi connectivity index (χ0n) is 16.7. The molecule has 7 nitrogen and oxygen atoms in total. The van der Waals surface area contributed by atoms with Crippen molar-refractivity contribution in [3.63, 3.8) is 0 Å². The maximum atomic E-state index is 12.8. The van der Waals surface area contributed by atoms with Crippen LogP contribution < -0.4 is 9.47 Å². The van der Waals surface area contributed by atoms with Crippen molar-refractivity contribution >= 4 is 9.84 Å². The standard InChI is InChI=1S/C22H23N3O4S/c1-17-2-5-19(6-3-17)30(26,27)20(13-23)15-25-10-8-24(9-11-25)14-18-4-7-21-22(12-18)29-16-28-21/h2-7,12,15H,8-11,14,16H2,1H3/b20-15+. The van der Waals surface area contributed by atoms with Crippen molar-refractivity contribution in [3.05, 3.63) is 64.7 Å². The molecular weight excluding hydrogens is 402 g/mol. The minimum absolute atomic E-state index is 0.141. The van der Waals surface area contributed by atoms with Crippen LogP contribution in [0.5, 0.6) is 11.5 Å². The van der Waals surface area contributed by atoms with Crippen LogP contribution in [0.3, 0.4) is 0 Å². The van der Waals surface area contributed by atoms with E-state index in [9.17, 15) is 13.7 Å². The molecule has 2 aromatic rings. The smallest absolute Gasteiger partial charge is 0.231 e. The third-order valence-electron chi connectivity index (χ3n) is 5.28. The highest BCUT2D eigenvalue weighted by Crippen LogP contribution is 2.32. The fourth-order valence-corrected chi connectivity index (χ4v) is 4.67. The third-order valence-corrected chi connectivity index (χ3v) is 6.95. The Balaban J connectivity index is 1.40. The number of ether oxygens (including phenoxy) is 2. The van der Waals surface area contributed by atoms with E-state index in [1.54, 1.807) is 24.3 Å². The summed E-state index contributed by atoms with van der Waals surface area (Å²) in [6, 6.07) is 14.4. The molecular formula is C22H23N3O4S. The number of nitriles is 1. The van der Waals surface area contributed by atoms with Crippen molar-refractivity contribution in [2.45, 2.75) is 18.4 Å². The van der Waals surface area contributed by atoms with Crippen molar-refractivity contribution in [2.75, 3.05) is 33.0 Å². The highest BCUT2D eigenvalue weighted by Gasteiger charge is 2.23. The number of nitrogens with zero attached hydrogens (tertiary/aromatic N) is 3. The summed E-state index contributed by atoms with van der Waals surface area (Å²) in [5.41, 5.74) is 2.11. The molecule has 0 bridgehead atoms. The number of hydrogen-bond donors (Lipinski definition) is 0. The Labute approximate surface area is 176 Å². The van der Waals surface area contributed by atoms with Crippen molar-refractivity contribution in [1.29, 1.82) is 5.26 Å². The minimum Gasteiger partial charge on any atom is -0.454 e. The van der Waals surface area contributed by atoms with Gasteiger partial charge in [-0.25, -0.2) is 8.42 Å². The number of hydrogen-bond acceptors (Lipinski definition) is 7. The molecule has 0 saturated carbocycles. The van der Waals surface area contributed by atoms with Gasteiger partial charge < -0.3 is 14.4 Å². The Kier molecular flexibility index (Phi) is 5.66. The lowest BCUT2D eigenvalue weighted by molar-refractivity contribution is 0.161. The highest BCUT2D eigenvalue weighted by molar-refractivity contribution is 7.95. The largest absolute Gasteiger partial charge is 0.454 e. The molecule has 30 heavy (non-hydrogen) atoms. The van der Waals surface area contributed by atoms with E-state index < -0.39 is 9.84 Å². The Bertz CT molecular complexity index is 1100. The maximum absolute atomic E-state index is 12.8. The van der Waals surface area contributed by atoms with Crippen LogP contribution in [0.15, 0.2) is 58.5 Å². The van der Waals surface area contributed by atoms with E-state index >= 15 is 0 Å². The van der Waals surface area contributed by atoms with E-state index in [4.69, 9.17) is 9.47 Å². The van der Waals surface area contributed by atoms with Crippen LogP contribution in [0, 0.1) is 18.3 Å². The Morgan fingerprint density at radius 3 is 2.47 bits per heavy atom. The van der Waals surface area contributed by atoms with Gasteiger partial charge in [0.1, 0.15) is 6.07 Å². The molecule has 2 aromatic carbocycles. The lowest BCUT2D eigenvalue weighted by Gasteiger charge is -2.34. The van der Waals surface area contributed by atoms with Crippen LogP contribution in [-0.4, -0.2) is 51.2 Å². The zero-order chi connectivity index (χ0) is 21.1. The first-order valence-corrected chi connectivity index (χ1v) is 11.2. The van der Waals surface area contributed by atoms with Crippen LogP contribution in [0.2, 0.25) is 0 Å². The van der Waals surface area contributed by atoms with E-state index in [-0.39, 0.29) is 16.6 Å². The fraction of sp³-hybridized carbons (Fsp3) is 0.318. The predicted molar refractivity (Wildman–Crippen MR) is 111 cm³/mol. The molecule has 0 atom stereocenters. The van der Waals surface area contributed by atoms with Gasteiger partial charge in [0.05, 0.1) is 4.90 Å². The van der Waals surface area contributed by atoms with Gasteiger partial charge >= 0.3 is 0 Å². The molecule has 0 aliphatic carbocycles. The van der Waals surface area contributed by atoms with Crippen molar-refractivity contribution in [2.24, 2.45) is 0 Å². The highest BCUT2D eigenvalue weighted by atomic mass is 32.2. The number of rotatable bonds is 5. The van der Waals surface area contributed by atoms with Gasteiger partial charge in [-0.1, -0.05) is 23.8 Å². The van der Waals surface area contributed by atoms with Crippen molar-refractivity contribution in [3.8, 4) is 17.6 Å². The van der Waals surface area contributed by atoms with Crippen LogP contribution in [-0.2, 0) is 16.4 Å². The summed E-state index contributed by atoms with van der Waals surface area (Å²) >= 11 is 0. The number of aryl methyl sites for hydroxylation is 1. The second kappa shape index (κ2) is 8.38. The van der Waals surface area contributed by atoms with Crippen LogP contribution in [0.4, 0.5) is 0 Å². The molecule has 2 heterocycles. The SMILES string of the molecule is Cc1ccc(S(=O)(=O)/C(C#N)=C/N2CCN(Cc3ccc4c(c3)OCO4)CC2)cc1. The van der Waals surface area contributed by atoms with Crippen molar-refractivity contribution < 1.29 is 17.9 Å². The van der Waals surface area contributed by atoms with Gasteiger partial charge in [0, 0.05) is 38.9 Å². The van der Waals surface area contributed by atoms with E-state index in [0.29, 0.717) is 13.1 Å². The fourth-order valence-electron chi connectivity index (χ4n) is 3.52. The van der Waals surface area contributed by atoms with Crippen LogP contribution in [0.1, 0.15) is 11.1 Å². The number of fused-ring (bicyclic) bond motifs is 1. The molecule has 4 rings (SSSR count). The lowest BCUT2D eigenvalue weighted by atomic mass is 10.1. The van der Waals surface area contributed by atoms with Gasteiger partial charge in [0.2, 0.25) is 16.6 Å². The predicted octanol–water partition coefficient (Wildman–Crippen LogP) is 2.68. The van der Waals surface area contributed by atoms with E-state index in [1.165, 1.54) is 6.20 Å². The molecule has 0 radical (unpaired) electrons. The van der Waals surface area contributed by atoms with E-state index in [0.717, 1.165) is 42.3 Å². The summed E-state index contributed by atoms with van der Waals surface area (Å²) in [6.07, 6.45) is 1.48. The summed E-state index contributed by atoms with van der Waals surface area (Å²) in [4.78, 5) is 4.11. The first-order valence-electron chi connectivity index (χ1n) is 9.74. The van der Waals surface area contributed by atoms with Crippen LogP contribution >= 0.6 is 0 Å². The molecule has 1 saturated heterocycles. The topological polar surface area (TPSA) is 82.9 Å². The number of benzene rings is 2. The Morgan fingerprint density at radius 1 is 1.07 bits per heavy atom. The van der Waals surface area contributed by atoms with Gasteiger partial charge in [-0.15, -0.1) is 0 Å². The quantitative estimate of drug-likeness (QED) is 0.681. The Morgan fingerprint density at radius 2 is 1.77 bits per heavy atom. The first kappa shape index (κ1) is 20.3. The van der Waals surface area contributed by atoms with Crippen molar-refractivity contribution in [1.82, 2.24) is 9.80 Å². The molecule has 2 aliphatic heterocycles. The van der Waals surface area contributed by atoms with Gasteiger partial charge in [0.15, 0.2) is 16.4 Å². The molecule has 8 heteroatoms. The summed E-state index contributed by atoms with van der Waals surface area (Å²) < 4.78 is 36.4. The summed E-state index contributed by atoms with van der Waals surface area (Å²) in [5, 5.41) is 9.48. The second-order valence-electron chi connectivity index (χ2n) is 7.42. The number of allylic oxidation sites excluding steroid dienone is 1. The number of piperazine rings is 1. The summed E-state index contributed by atoms with van der Waals surface area (Å²) in [7, 11) is -3.82. The van der Waals surface area contributed by atoms with Crippen LogP contribution in [0.25, 0.3) is 0 Å². The maximum Gasteiger partial charge on any atom is 0.231 e. The van der Waals surface area contributed by atoms with Gasteiger partial charge in [-0.05, 0) is 36.8 Å². The molecule has 0 N–H and O–H groups in total. The molecule has 156 valence electrons. The number of sulfone groups is 1. The molecule has 2 aliphatic rings. The Hall–Kier alpha value is -3.02. The van der Waals surface area contributed by atoms with Gasteiger partial charge in [0.25, 0.3) is 0 Å². The lowest BCUT2D eigenvalue weighted by Crippen LogP contribution is -2.43. The molecule has 0 unspecified atom stereocenters. The first-order chi connectivity index (χ1) is 14.5. The second-order valence-corrected chi connectivity index (χ2v) is 9.34. The average molecular weight is 426 g/mol. The third kappa shape index (κ3) is 4.27. The average Bonchev–Trinajstić information content (AvgIpc) is 3.21. The van der Waals surface area contributed by atoms with Gasteiger partial charge in [-0.2, -0.15) is 5.26 Å². The van der Waals surface area contributed by atoms with Gasteiger partial charge in [-0.3, -0.25) is 4.90 Å². The monoisotopic (exact) mass is 425 g/mol. The molecule has 0 spiro atoms. The molecule has 1 fully saturated rings. The van der Waals surface area contributed by atoms with E-state index in [2.05, 4.69) is 4.90 Å². The minimum atomic E-state index is -3.82. The molecule has 0 amide bonds. The summed E-state index contributed by atoms with van der Waals surface area (Å²) in [6.45, 7) is 5.78. The normalized spacial score (nSPS) is 17.1.